The van der Waals surface area contributed by atoms with Gasteiger partial charge in [-0.1, -0.05) is 32.4 Å². The summed E-state index contributed by atoms with van der Waals surface area (Å²) in [5.41, 5.74) is 1.89. The number of sulfonamides is 1. The molecule has 2 unspecified atom stereocenters. The van der Waals surface area contributed by atoms with Crippen LogP contribution in [0.15, 0.2) is 24.3 Å². The molecule has 0 bridgehead atoms. The number of benzene rings is 1. The topological polar surface area (TPSA) is 73.2 Å². The molecular formula is C20H31N3O2S. The molecule has 0 aliphatic carbocycles. The molecule has 2 rings (SSSR count). The summed E-state index contributed by atoms with van der Waals surface area (Å²) in [6, 6.07) is 10.0. The second-order valence-corrected chi connectivity index (χ2v) is 9.54. The van der Waals surface area contributed by atoms with Crippen LogP contribution in [0.3, 0.4) is 0 Å². The lowest BCUT2D eigenvalue weighted by atomic mass is 9.68. The van der Waals surface area contributed by atoms with Crippen molar-refractivity contribution in [3.05, 3.63) is 29.8 Å². The van der Waals surface area contributed by atoms with Crippen molar-refractivity contribution < 1.29 is 8.42 Å². The van der Waals surface area contributed by atoms with Gasteiger partial charge in [0.25, 0.3) is 0 Å². The highest BCUT2D eigenvalue weighted by molar-refractivity contribution is 7.92. The van der Waals surface area contributed by atoms with Crippen LogP contribution in [-0.2, 0) is 15.4 Å². The summed E-state index contributed by atoms with van der Waals surface area (Å²) in [7, 11) is -3.26. The Balaban J connectivity index is 1.98. The molecule has 1 aliphatic rings. The SMILES string of the molecule is CC1CN(CCCCCC#N)CCC1(C)c1cccc(NS(C)(=O)=O)c1. The van der Waals surface area contributed by atoms with Crippen LogP contribution in [0.2, 0.25) is 0 Å². The molecule has 6 heteroatoms. The third-order valence-corrected chi connectivity index (χ3v) is 6.26. The Kier molecular flexibility index (Phi) is 7.08. The smallest absolute Gasteiger partial charge is 0.229 e. The van der Waals surface area contributed by atoms with Gasteiger partial charge in [0, 0.05) is 18.7 Å². The number of nitrogens with zero attached hydrogens (tertiary/aromatic N) is 2. The maximum atomic E-state index is 11.5. The van der Waals surface area contributed by atoms with E-state index in [-0.39, 0.29) is 5.41 Å². The quantitative estimate of drug-likeness (QED) is 0.700. The van der Waals surface area contributed by atoms with Crippen molar-refractivity contribution in [1.29, 1.82) is 5.26 Å². The lowest BCUT2D eigenvalue weighted by Crippen LogP contribution is -2.47. The molecule has 1 heterocycles. The summed E-state index contributed by atoms with van der Waals surface area (Å²) in [5.74, 6) is 0.490. The lowest BCUT2D eigenvalue weighted by Gasteiger charge is -2.45. The van der Waals surface area contributed by atoms with Gasteiger partial charge in [0.05, 0.1) is 12.3 Å². The van der Waals surface area contributed by atoms with Crippen LogP contribution in [0.1, 0.15) is 51.5 Å². The fourth-order valence-electron chi connectivity index (χ4n) is 3.82. The van der Waals surface area contributed by atoms with Gasteiger partial charge in [-0.05, 0) is 61.4 Å². The van der Waals surface area contributed by atoms with Gasteiger partial charge in [0.15, 0.2) is 0 Å². The third-order valence-electron chi connectivity index (χ3n) is 5.66. The fraction of sp³-hybridized carbons (Fsp3) is 0.650. The maximum absolute atomic E-state index is 11.5. The van der Waals surface area contributed by atoms with E-state index in [1.54, 1.807) is 6.07 Å². The van der Waals surface area contributed by atoms with E-state index < -0.39 is 10.0 Å². The van der Waals surface area contributed by atoms with E-state index in [0.717, 1.165) is 45.3 Å². The van der Waals surface area contributed by atoms with Crippen molar-refractivity contribution in [1.82, 2.24) is 4.90 Å². The maximum Gasteiger partial charge on any atom is 0.229 e. The molecule has 5 nitrogen and oxygen atoms in total. The highest BCUT2D eigenvalue weighted by Gasteiger charge is 2.37. The van der Waals surface area contributed by atoms with Crippen molar-refractivity contribution in [3.8, 4) is 6.07 Å². The summed E-state index contributed by atoms with van der Waals surface area (Å²) in [6.45, 7) is 7.79. The Morgan fingerprint density at radius 3 is 2.77 bits per heavy atom. The molecule has 0 radical (unpaired) electrons. The van der Waals surface area contributed by atoms with Crippen LogP contribution >= 0.6 is 0 Å². The summed E-state index contributed by atoms with van der Waals surface area (Å²) < 4.78 is 25.6. The third kappa shape index (κ3) is 5.72. The van der Waals surface area contributed by atoms with E-state index in [2.05, 4.69) is 35.6 Å². The molecule has 0 saturated carbocycles. The molecule has 0 amide bonds. The minimum absolute atomic E-state index is 0.0481. The van der Waals surface area contributed by atoms with E-state index in [0.29, 0.717) is 18.0 Å². The average Bonchev–Trinajstić information content (AvgIpc) is 2.56. The van der Waals surface area contributed by atoms with Gasteiger partial charge in [-0.2, -0.15) is 5.26 Å². The molecule has 1 aromatic carbocycles. The first kappa shape index (κ1) is 20.7. The normalized spacial score (nSPS) is 24.2. The second-order valence-electron chi connectivity index (χ2n) is 7.79. The van der Waals surface area contributed by atoms with Gasteiger partial charge in [-0.3, -0.25) is 4.72 Å². The van der Waals surface area contributed by atoms with Crippen LogP contribution in [-0.4, -0.2) is 39.2 Å². The van der Waals surface area contributed by atoms with Crippen molar-refractivity contribution in [2.75, 3.05) is 30.6 Å². The number of unbranched alkanes of at least 4 members (excludes halogenated alkanes) is 3. The predicted molar refractivity (Wildman–Crippen MR) is 107 cm³/mol. The molecule has 1 saturated heterocycles. The molecule has 2 atom stereocenters. The van der Waals surface area contributed by atoms with Crippen LogP contribution < -0.4 is 4.72 Å². The summed E-state index contributed by atoms with van der Waals surface area (Å²) in [5, 5.41) is 8.60. The van der Waals surface area contributed by atoms with E-state index >= 15 is 0 Å². The predicted octanol–water partition coefficient (Wildman–Crippen LogP) is 3.74. The number of likely N-dealkylation sites (tertiary alicyclic amines) is 1. The minimum atomic E-state index is -3.26. The Morgan fingerprint density at radius 1 is 1.35 bits per heavy atom. The Bertz CT molecular complexity index is 742. The highest BCUT2D eigenvalue weighted by Crippen LogP contribution is 2.40. The van der Waals surface area contributed by atoms with Crippen LogP contribution in [0.25, 0.3) is 0 Å². The first-order chi connectivity index (χ1) is 12.2. The largest absolute Gasteiger partial charge is 0.303 e. The van der Waals surface area contributed by atoms with Gasteiger partial charge in [-0.25, -0.2) is 8.42 Å². The van der Waals surface area contributed by atoms with Crippen molar-refractivity contribution >= 4 is 15.7 Å². The van der Waals surface area contributed by atoms with Crippen LogP contribution in [0, 0.1) is 17.2 Å². The summed E-state index contributed by atoms with van der Waals surface area (Å²) >= 11 is 0. The number of rotatable bonds is 8. The zero-order valence-corrected chi connectivity index (χ0v) is 17.0. The first-order valence-corrected chi connectivity index (χ1v) is 11.3. The van der Waals surface area contributed by atoms with Crippen molar-refractivity contribution in [3.63, 3.8) is 0 Å². The number of hydrogen-bond acceptors (Lipinski definition) is 4. The van der Waals surface area contributed by atoms with E-state index in [1.807, 2.05) is 12.1 Å². The van der Waals surface area contributed by atoms with E-state index in [1.165, 1.54) is 11.8 Å². The number of nitrogens with one attached hydrogen (secondary N) is 1. The Morgan fingerprint density at radius 2 is 2.12 bits per heavy atom. The molecule has 0 aromatic heterocycles. The monoisotopic (exact) mass is 377 g/mol. The fourth-order valence-corrected chi connectivity index (χ4v) is 4.37. The van der Waals surface area contributed by atoms with Gasteiger partial charge >= 0.3 is 0 Å². The molecule has 1 aromatic rings. The number of piperidine rings is 1. The number of nitriles is 1. The Labute approximate surface area is 158 Å². The number of hydrogen-bond donors (Lipinski definition) is 1. The standard InChI is InChI=1S/C20H31N3O2S/c1-17-16-23(13-7-5-4-6-12-21)14-11-20(17,2)18-9-8-10-19(15-18)22-26(3,24)25/h8-10,15,17,22H,4-7,11,13-14,16H2,1-3H3. The summed E-state index contributed by atoms with van der Waals surface area (Å²) in [4.78, 5) is 2.53. The Hall–Kier alpha value is -1.58. The lowest BCUT2D eigenvalue weighted by molar-refractivity contribution is 0.109. The highest BCUT2D eigenvalue weighted by atomic mass is 32.2. The average molecular weight is 378 g/mol. The molecule has 144 valence electrons. The molecule has 0 spiro atoms. The molecule has 26 heavy (non-hydrogen) atoms. The van der Waals surface area contributed by atoms with E-state index in [4.69, 9.17) is 5.26 Å². The molecule has 1 aliphatic heterocycles. The molecular weight excluding hydrogens is 346 g/mol. The van der Waals surface area contributed by atoms with Gasteiger partial charge in [0.1, 0.15) is 0 Å². The van der Waals surface area contributed by atoms with Gasteiger partial charge in [0.2, 0.25) is 10.0 Å². The minimum Gasteiger partial charge on any atom is -0.303 e. The zero-order chi connectivity index (χ0) is 19.2. The van der Waals surface area contributed by atoms with E-state index in [9.17, 15) is 8.42 Å². The zero-order valence-electron chi connectivity index (χ0n) is 16.2. The first-order valence-electron chi connectivity index (χ1n) is 9.42. The van der Waals surface area contributed by atoms with Gasteiger partial charge < -0.3 is 4.90 Å². The van der Waals surface area contributed by atoms with Crippen molar-refractivity contribution in [2.24, 2.45) is 5.92 Å². The molecule has 1 fully saturated rings. The van der Waals surface area contributed by atoms with Crippen LogP contribution in [0.4, 0.5) is 5.69 Å². The number of anilines is 1. The van der Waals surface area contributed by atoms with Crippen molar-refractivity contribution in [2.45, 2.75) is 51.4 Å². The van der Waals surface area contributed by atoms with Gasteiger partial charge in [-0.15, -0.1) is 0 Å². The molecule has 1 N–H and O–H groups in total. The van der Waals surface area contributed by atoms with Crippen LogP contribution in [0.5, 0.6) is 0 Å². The summed E-state index contributed by atoms with van der Waals surface area (Å²) in [6.07, 6.45) is 6.17. The second kappa shape index (κ2) is 8.88.